The number of rotatable bonds is 5. The van der Waals surface area contributed by atoms with Gasteiger partial charge in [-0.25, -0.2) is 17.5 Å². The van der Waals surface area contributed by atoms with E-state index in [0.717, 1.165) is 11.3 Å². The summed E-state index contributed by atoms with van der Waals surface area (Å²) in [5.74, 6) is -0.608. The van der Waals surface area contributed by atoms with Crippen LogP contribution in [0.25, 0.3) is 11.1 Å². The summed E-state index contributed by atoms with van der Waals surface area (Å²) in [6.07, 6.45) is 0.729. The lowest BCUT2D eigenvalue weighted by Crippen LogP contribution is -2.30. The number of hydrogen-bond donors (Lipinski definition) is 0. The number of nitrogens with zero attached hydrogens (tertiary/aromatic N) is 3. The van der Waals surface area contributed by atoms with Gasteiger partial charge in [-0.1, -0.05) is 12.1 Å². The molecular weight excluding hydrogens is 394 g/mol. The predicted molar refractivity (Wildman–Crippen MR) is 108 cm³/mol. The van der Waals surface area contributed by atoms with Crippen molar-refractivity contribution >= 4 is 32.7 Å². The molecule has 0 N–H and O–H groups in total. The molecule has 8 nitrogen and oxygen atoms in total. The van der Waals surface area contributed by atoms with Crippen molar-refractivity contribution in [2.75, 3.05) is 25.5 Å². The second kappa shape index (κ2) is 7.16. The van der Waals surface area contributed by atoms with Gasteiger partial charge in [0.1, 0.15) is 0 Å². The Bertz CT molecular complexity index is 1260. The first kappa shape index (κ1) is 19.4. The Morgan fingerprint density at radius 3 is 2.69 bits per heavy atom. The summed E-state index contributed by atoms with van der Waals surface area (Å²) in [5.41, 5.74) is 2.70. The average Bonchev–Trinajstić information content (AvgIpc) is 3.25. The Balaban J connectivity index is 1.53. The highest BCUT2D eigenvalue weighted by Gasteiger charge is 2.27. The number of aromatic nitrogens is 1. The van der Waals surface area contributed by atoms with Crippen molar-refractivity contribution < 1.29 is 17.6 Å². The van der Waals surface area contributed by atoms with Gasteiger partial charge in [-0.05, 0) is 42.3 Å². The number of hydrogen-bond acceptors (Lipinski definition) is 5. The standard InChI is InChI=1S/C20H21N3O5S/c1-21(2)29(26,27)15-7-8-16-14(13-15)9-11-22(16)19(24)10-12-23-17-5-3-4-6-18(17)28-20(23)25/h3-8,13H,9-12H2,1-2H3. The molecule has 1 aliphatic rings. The van der Waals surface area contributed by atoms with Crippen molar-refractivity contribution in [3.8, 4) is 0 Å². The van der Waals surface area contributed by atoms with Crippen molar-refractivity contribution in [1.29, 1.82) is 0 Å². The Kier molecular flexibility index (Phi) is 4.79. The SMILES string of the molecule is CN(C)S(=O)(=O)c1ccc2c(c1)CCN2C(=O)CCn1c(=O)oc2ccccc21. The maximum atomic E-state index is 12.8. The molecule has 152 valence electrons. The maximum Gasteiger partial charge on any atom is 0.419 e. The molecule has 0 saturated heterocycles. The van der Waals surface area contributed by atoms with E-state index in [0.29, 0.717) is 24.1 Å². The first-order valence-electron chi connectivity index (χ1n) is 9.23. The van der Waals surface area contributed by atoms with Crippen molar-refractivity contribution in [3.05, 3.63) is 58.6 Å². The fourth-order valence-corrected chi connectivity index (χ4v) is 4.53. The number of aryl methyl sites for hydroxylation is 1. The lowest BCUT2D eigenvalue weighted by atomic mass is 10.2. The summed E-state index contributed by atoms with van der Waals surface area (Å²) in [6.45, 7) is 0.703. The van der Waals surface area contributed by atoms with Crippen LogP contribution in [0.5, 0.6) is 0 Å². The molecule has 2 heterocycles. The molecule has 4 rings (SSSR count). The molecule has 3 aromatic rings. The average molecular weight is 415 g/mol. The van der Waals surface area contributed by atoms with E-state index in [1.54, 1.807) is 35.2 Å². The van der Waals surface area contributed by atoms with E-state index in [-0.39, 0.29) is 23.8 Å². The molecule has 0 saturated carbocycles. The van der Waals surface area contributed by atoms with E-state index < -0.39 is 15.8 Å². The Hall–Kier alpha value is -2.91. The molecule has 0 atom stereocenters. The van der Waals surface area contributed by atoms with Crippen molar-refractivity contribution in [2.45, 2.75) is 24.3 Å². The molecular formula is C20H21N3O5S. The van der Waals surface area contributed by atoms with Crippen LogP contribution in [0.2, 0.25) is 0 Å². The van der Waals surface area contributed by atoms with E-state index >= 15 is 0 Å². The molecule has 0 radical (unpaired) electrons. The Labute approximate surface area is 168 Å². The zero-order valence-corrected chi connectivity index (χ0v) is 17.0. The molecule has 1 aromatic heterocycles. The molecule has 0 unspecified atom stereocenters. The first-order valence-corrected chi connectivity index (χ1v) is 10.7. The number of benzene rings is 2. The minimum atomic E-state index is -3.52. The highest BCUT2D eigenvalue weighted by Crippen LogP contribution is 2.31. The summed E-state index contributed by atoms with van der Waals surface area (Å²) < 4.78 is 32.5. The summed E-state index contributed by atoms with van der Waals surface area (Å²) >= 11 is 0. The van der Waals surface area contributed by atoms with Crippen molar-refractivity contribution in [3.63, 3.8) is 0 Å². The molecule has 0 spiro atoms. The number of anilines is 1. The van der Waals surface area contributed by atoms with Crippen LogP contribution in [0.3, 0.4) is 0 Å². The molecule has 0 bridgehead atoms. The number of carbonyl (C=O) groups is 1. The second-order valence-electron chi connectivity index (χ2n) is 7.11. The summed E-state index contributed by atoms with van der Waals surface area (Å²) in [4.78, 5) is 26.7. The van der Waals surface area contributed by atoms with Gasteiger partial charge in [-0.3, -0.25) is 9.36 Å². The van der Waals surface area contributed by atoms with E-state index in [4.69, 9.17) is 4.42 Å². The summed E-state index contributed by atoms with van der Waals surface area (Å²) in [5, 5.41) is 0. The zero-order chi connectivity index (χ0) is 20.8. The second-order valence-corrected chi connectivity index (χ2v) is 9.26. The van der Waals surface area contributed by atoms with Gasteiger partial charge in [0.15, 0.2) is 5.58 Å². The largest absolute Gasteiger partial charge is 0.419 e. The van der Waals surface area contributed by atoms with Crippen LogP contribution in [-0.2, 0) is 27.8 Å². The number of fused-ring (bicyclic) bond motifs is 2. The highest BCUT2D eigenvalue weighted by atomic mass is 32.2. The fraction of sp³-hybridized carbons (Fsp3) is 0.300. The van der Waals surface area contributed by atoms with Crippen LogP contribution in [0.15, 0.2) is 56.6 Å². The van der Waals surface area contributed by atoms with Crippen LogP contribution in [0.4, 0.5) is 5.69 Å². The van der Waals surface area contributed by atoms with E-state index in [1.807, 2.05) is 6.07 Å². The van der Waals surface area contributed by atoms with Gasteiger partial charge in [-0.15, -0.1) is 0 Å². The third-order valence-electron chi connectivity index (χ3n) is 5.15. The van der Waals surface area contributed by atoms with Crippen LogP contribution in [0.1, 0.15) is 12.0 Å². The number of amides is 1. The lowest BCUT2D eigenvalue weighted by Gasteiger charge is -2.18. The number of carbonyl (C=O) groups excluding carboxylic acids is 1. The highest BCUT2D eigenvalue weighted by molar-refractivity contribution is 7.89. The molecule has 2 aromatic carbocycles. The smallest absolute Gasteiger partial charge is 0.408 e. The predicted octanol–water partition coefficient (Wildman–Crippen LogP) is 1.82. The van der Waals surface area contributed by atoms with Crippen LogP contribution < -0.4 is 10.7 Å². The third-order valence-corrected chi connectivity index (χ3v) is 6.96. The van der Waals surface area contributed by atoms with E-state index in [1.165, 1.54) is 29.0 Å². The molecule has 9 heteroatoms. The number of para-hydroxylation sites is 2. The van der Waals surface area contributed by atoms with E-state index in [2.05, 4.69) is 0 Å². The molecule has 29 heavy (non-hydrogen) atoms. The Morgan fingerprint density at radius 1 is 1.17 bits per heavy atom. The number of oxazole rings is 1. The maximum absolute atomic E-state index is 12.8. The summed E-state index contributed by atoms with van der Waals surface area (Å²) in [6, 6.07) is 11.9. The Morgan fingerprint density at radius 2 is 1.93 bits per heavy atom. The van der Waals surface area contributed by atoms with Crippen LogP contribution >= 0.6 is 0 Å². The van der Waals surface area contributed by atoms with Gasteiger partial charge >= 0.3 is 5.76 Å². The van der Waals surface area contributed by atoms with Crippen molar-refractivity contribution in [2.24, 2.45) is 0 Å². The van der Waals surface area contributed by atoms with Gasteiger partial charge in [-0.2, -0.15) is 0 Å². The molecule has 1 aliphatic heterocycles. The van der Waals surface area contributed by atoms with Crippen LogP contribution in [-0.4, -0.2) is 43.8 Å². The van der Waals surface area contributed by atoms with Gasteiger partial charge in [0.2, 0.25) is 15.9 Å². The monoisotopic (exact) mass is 415 g/mol. The topological polar surface area (TPSA) is 92.8 Å². The fourth-order valence-electron chi connectivity index (χ4n) is 3.58. The first-order chi connectivity index (χ1) is 13.8. The molecule has 1 amide bonds. The summed E-state index contributed by atoms with van der Waals surface area (Å²) in [7, 11) is -0.548. The van der Waals surface area contributed by atoms with Gasteiger partial charge < -0.3 is 9.32 Å². The van der Waals surface area contributed by atoms with Gasteiger partial charge in [0.05, 0.1) is 10.4 Å². The molecule has 0 aliphatic carbocycles. The lowest BCUT2D eigenvalue weighted by molar-refractivity contribution is -0.118. The quantitative estimate of drug-likeness (QED) is 0.634. The van der Waals surface area contributed by atoms with E-state index in [9.17, 15) is 18.0 Å². The normalized spacial score (nSPS) is 14.0. The van der Waals surface area contributed by atoms with Gasteiger partial charge in [0, 0.05) is 39.3 Å². The molecule has 0 fully saturated rings. The van der Waals surface area contributed by atoms with Gasteiger partial charge in [0.25, 0.3) is 0 Å². The van der Waals surface area contributed by atoms with Crippen molar-refractivity contribution in [1.82, 2.24) is 8.87 Å². The third kappa shape index (κ3) is 3.36. The minimum absolute atomic E-state index is 0.121. The number of sulfonamides is 1. The zero-order valence-electron chi connectivity index (χ0n) is 16.2. The minimum Gasteiger partial charge on any atom is -0.408 e. The van der Waals surface area contributed by atoms with Crippen LogP contribution in [0, 0.1) is 0 Å².